The average molecular weight is 409 g/mol. The van der Waals surface area contributed by atoms with Gasteiger partial charge in [-0.3, -0.25) is 0 Å². The Morgan fingerprint density at radius 1 is 1.25 bits per heavy atom. The van der Waals surface area contributed by atoms with Crippen LogP contribution >= 0.6 is 38.5 Å². The maximum absolute atomic E-state index is 12.0. The van der Waals surface area contributed by atoms with Crippen LogP contribution in [0.25, 0.3) is 0 Å². The molecule has 0 bridgehead atoms. The largest absolute Gasteiger partial charge is 0.411 e. The highest BCUT2D eigenvalue weighted by molar-refractivity contribution is 14.1. The molecule has 0 aliphatic rings. The minimum atomic E-state index is -4.28. The van der Waals surface area contributed by atoms with Crippen molar-refractivity contribution in [3.8, 4) is 0 Å². The lowest BCUT2D eigenvalue weighted by molar-refractivity contribution is -0.183. The first-order chi connectivity index (χ1) is 7.42. The molecule has 0 heterocycles. The van der Waals surface area contributed by atoms with Gasteiger partial charge in [0.1, 0.15) is 6.61 Å². The van der Waals surface area contributed by atoms with Crippen molar-refractivity contribution in [3.05, 3.63) is 34.3 Å². The Labute approximate surface area is 114 Å². The van der Waals surface area contributed by atoms with Gasteiger partial charge in [0.05, 0.1) is 6.10 Å². The predicted molar refractivity (Wildman–Crippen MR) is 67.8 cm³/mol. The van der Waals surface area contributed by atoms with E-state index in [1.165, 1.54) is 0 Å². The minimum absolute atomic E-state index is 0.482. The lowest BCUT2D eigenvalue weighted by atomic mass is 10.1. The Morgan fingerprint density at radius 3 is 2.25 bits per heavy atom. The molecule has 0 aliphatic carbocycles. The summed E-state index contributed by atoms with van der Waals surface area (Å²) in [6.45, 7) is -1.21. The third kappa shape index (κ3) is 5.01. The summed E-state index contributed by atoms with van der Waals surface area (Å²) in [4.78, 5) is 0. The van der Waals surface area contributed by atoms with Crippen molar-refractivity contribution in [2.45, 2.75) is 12.3 Å². The maximum Gasteiger partial charge on any atom is 0.411 e. The van der Waals surface area contributed by atoms with E-state index in [-0.39, 0.29) is 0 Å². The molecule has 1 aromatic carbocycles. The van der Waals surface area contributed by atoms with Crippen molar-refractivity contribution < 1.29 is 17.9 Å². The number of benzene rings is 1. The Hall–Kier alpha value is 0.180. The van der Waals surface area contributed by atoms with Gasteiger partial charge < -0.3 is 4.74 Å². The molecule has 90 valence electrons. The Balaban J connectivity index is 2.64. The van der Waals surface area contributed by atoms with Crippen molar-refractivity contribution in [1.29, 1.82) is 0 Å². The highest BCUT2D eigenvalue weighted by atomic mass is 127. The summed E-state index contributed by atoms with van der Waals surface area (Å²) in [5.41, 5.74) is 0.752. The quantitative estimate of drug-likeness (QED) is 0.526. The standard InChI is InChI=1S/C10H9BrF3IO/c11-8-3-1-7(2-4-8)9(5-15)16-6-10(12,13)14/h1-4,9H,5-6H2. The monoisotopic (exact) mass is 408 g/mol. The van der Waals surface area contributed by atoms with Gasteiger partial charge in [-0.1, -0.05) is 50.7 Å². The average Bonchev–Trinajstić information content (AvgIpc) is 2.20. The SMILES string of the molecule is FC(F)(F)COC(CI)c1ccc(Br)cc1. The van der Waals surface area contributed by atoms with E-state index in [2.05, 4.69) is 15.9 Å². The molecular formula is C10H9BrF3IO. The molecule has 16 heavy (non-hydrogen) atoms. The van der Waals surface area contributed by atoms with Gasteiger partial charge in [-0.25, -0.2) is 0 Å². The number of hydrogen-bond donors (Lipinski definition) is 0. The summed E-state index contributed by atoms with van der Waals surface area (Å²) in [7, 11) is 0. The molecule has 0 amide bonds. The van der Waals surface area contributed by atoms with Crippen LogP contribution in [0.15, 0.2) is 28.7 Å². The number of hydrogen-bond acceptors (Lipinski definition) is 1. The summed E-state index contributed by atoms with van der Waals surface area (Å²) in [5.74, 6) is 0. The van der Waals surface area contributed by atoms with E-state index in [1.54, 1.807) is 24.3 Å². The van der Waals surface area contributed by atoms with Crippen molar-refractivity contribution in [3.63, 3.8) is 0 Å². The third-order valence-corrected chi connectivity index (χ3v) is 3.16. The number of halogens is 5. The predicted octanol–water partition coefficient (Wildman–Crippen LogP) is 4.50. The summed E-state index contributed by atoms with van der Waals surface area (Å²) in [6.07, 6.45) is -4.80. The van der Waals surface area contributed by atoms with Crippen LogP contribution in [-0.2, 0) is 4.74 Å². The molecule has 6 heteroatoms. The number of ether oxygens (including phenoxy) is 1. The topological polar surface area (TPSA) is 9.23 Å². The molecule has 1 atom stereocenters. The second-order valence-electron chi connectivity index (χ2n) is 3.12. The molecule has 1 rings (SSSR count). The normalized spacial score (nSPS) is 13.8. The van der Waals surface area contributed by atoms with Gasteiger partial charge >= 0.3 is 6.18 Å². The van der Waals surface area contributed by atoms with Crippen molar-refractivity contribution in [2.24, 2.45) is 0 Å². The molecule has 1 aromatic rings. The second-order valence-corrected chi connectivity index (χ2v) is 4.92. The van der Waals surface area contributed by atoms with Crippen LogP contribution in [0.2, 0.25) is 0 Å². The highest BCUT2D eigenvalue weighted by Gasteiger charge is 2.29. The van der Waals surface area contributed by atoms with Gasteiger partial charge in [-0.15, -0.1) is 0 Å². The van der Waals surface area contributed by atoms with Gasteiger partial charge in [-0.2, -0.15) is 13.2 Å². The van der Waals surface area contributed by atoms with Crippen molar-refractivity contribution in [1.82, 2.24) is 0 Å². The number of alkyl halides is 4. The van der Waals surface area contributed by atoms with Gasteiger partial charge in [0.25, 0.3) is 0 Å². The van der Waals surface area contributed by atoms with Crippen LogP contribution in [0.4, 0.5) is 13.2 Å². The Kier molecular flexibility index (Phi) is 5.52. The summed E-state index contributed by atoms with van der Waals surface area (Å²) < 4.78 is 42.2. The number of rotatable bonds is 4. The second kappa shape index (κ2) is 6.20. The molecule has 0 radical (unpaired) electrons. The smallest absolute Gasteiger partial charge is 0.363 e. The van der Waals surface area contributed by atoms with E-state index in [9.17, 15) is 13.2 Å². The van der Waals surface area contributed by atoms with E-state index in [4.69, 9.17) is 4.74 Å². The van der Waals surface area contributed by atoms with Crippen LogP contribution in [0.1, 0.15) is 11.7 Å². The van der Waals surface area contributed by atoms with Gasteiger partial charge in [0.2, 0.25) is 0 Å². The van der Waals surface area contributed by atoms with E-state index in [0.29, 0.717) is 4.43 Å². The molecule has 1 unspecified atom stereocenters. The fraction of sp³-hybridized carbons (Fsp3) is 0.400. The molecule has 1 nitrogen and oxygen atoms in total. The van der Waals surface area contributed by atoms with Crippen LogP contribution in [0, 0.1) is 0 Å². The molecule has 0 fully saturated rings. The summed E-state index contributed by atoms with van der Waals surface area (Å²) >= 11 is 5.27. The first kappa shape index (κ1) is 14.2. The fourth-order valence-electron chi connectivity index (χ4n) is 1.10. The molecule has 0 N–H and O–H groups in total. The van der Waals surface area contributed by atoms with Crippen LogP contribution in [-0.4, -0.2) is 17.2 Å². The zero-order valence-electron chi connectivity index (χ0n) is 8.10. The van der Waals surface area contributed by atoms with Gasteiger partial charge in [-0.05, 0) is 17.7 Å². The first-order valence-corrected chi connectivity index (χ1v) is 6.74. The van der Waals surface area contributed by atoms with Crippen LogP contribution < -0.4 is 0 Å². The van der Waals surface area contributed by atoms with Crippen molar-refractivity contribution >= 4 is 38.5 Å². The molecule has 0 saturated carbocycles. The Bertz CT molecular complexity index is 326. The van der Waals surface area contributed by atoms with Crippen molar-refractivity contribution in [2.75, 3.05) is 11.0 Å². The maximum atomic E-state index is 12.0. The zero-order valence-corrected chi connectivity index (χ0v) is 11.8. The molecule has 0 spiro atoms. The molecule has 0 saturated heterocycles. The van der Waals surface area contributed by atoms with E-state index in [1.807, 2.05) is 22.6 Å². The highest BCUT2D eigenvalue weighted by Crippen LogP contribution is 2.25. The lowest BCUT2D eigenvalue weighted by Crippen LogP contribution is -2.20. The van der Waals surface area contributed by atoms with Crippen LogP contribution in [0.3, 0.4) is 0 Å². The molecule has 0 aliphatic heterocycles. The third-order valence-electron chi connectivity index (χ3n) is 1.83. The van der Waals surface area contributed by atoms with E-state index in [0.717, 1.165) is 10.0 Å². The lowest BCUT2D eigenvalue weighted by Gasteiger charge is -2.17. The van der Waals surface area contributed by atoms with Gasteiger partial charge in [0, 0.05) is 8.90 Å². The minimum Gasteiger partial charge on any atom is -0.363 e. The van der Waals surface area contributed by atoms with Gasteiger partial charge in [0.15, 0.2) is 0 Å². The van der Waals surface area contributed by atoms with E-state index >= 15 is 0 Å². The fourth-order valence-corrected chi connectivity index (χ4v) is 2.13. The van der Waals surface area contributed by atoms with Crippen LogP contribution in [0.5, 0.6) is 0 Å². The Morgan fingerprint density at radius 2 is 1.81 bits per heavy atom. The molecule has 0 aromatic heterocycles. The first-order valence-electron chi connectivity index (χ1n) is 4.42. The van der Waals surface area contributed by atoms with E-state index < -0.39 is 18.9 Å². The summed E-state index contributed by atoms with van der Waals surface area (Å²) in [5, 5.41) is 0. The zero-order chi connectivity index (χ0) is 12.2. The molecular weight excluding hydrogens is 400 g/mol. The summed E-state index contributed by atoms with van der Waals surface area (Å²) in [6, 6.07) is 7.07.